The first-order valence-corrected chi connectivity index (χ1v) is 3.96. The van der Waals surface area contributed by atoms with Gasteiger partial charge in [0.15, 0.2) is 0 Å². The minimum absolute atomic E-state index is 0.312. The molecule has 0 bridgehead atoms. The lowest BCUT2D eigenvalue weighted by atomic mass is 10.2. The molecule has 0 atom stereocenters. The lowest BCUT2D eigenvalue weighted by Gasteiger charge is -1.92. The number of nitrogens with two attached hydrogens (primary N) is 1. The molecule has 0 radical (unpaired) electrons. The van der Waals surface area contributed by atoms with Crippen LogP contribution in [0.25, 0.3) is 10.9 Å². The third-order valence-corrected chi connectivity index (χ3v) is 1.83. The van der Waals surface area contributed by atoms with Crippen molar-refractivity contribution < 1.29 is 0 Å². The molecule has 0 unspecified atom stereocenters. The Morgan fingerprint density at radius 1 is 1.29 bits per heavy atom. The van der Waals surface area contributed by atoms with Gasteiger partial charge in [0.25, 0.3) is 11.1 Å². The number of fused-ring (bicyclic) bond motifs is 1. The van der Waals surface area contributed by atoms with Crippen molar-refractivity contribution in [2.24, 2.45) is 0 Å². The van der Waals surface area contributed by atoms with E-state index in [1.54, 1.807) is 12.1 Å². The molecular weight excluding hydrogens is 182 g/mol. The van der Waals surface area contributed by atoms with Gasteiger partial charge in [-0.1, -0.05) is 0 Å². The molecule has 1 aromatic carbocycles. The van der Waals surface area contributed by atoms with Gasteiger partial charge in [-0.2, -0.15) is 0 Å². The molecule has 2 aromatic rings. The maximum atomic E-state index is 11.4. The SMILES string of the molecule is Nc1ccc2[nH]c(=O)cnc(=O)c2c1. The van der Waals surface area contributed by atoms with Crippen molar-refractivity contribution in [3.8, 4) is 0 Å². The third-order valence-electron chi connectivity index (χ3n) is 1.83. The molecule has 3 N–H and O–H groups in total. The van der Waals surface area contributed by atoms with Crippen LogP contribution >= 0.6 is 0 Å². The van der Waals surface area contributed by atoms with Crippen molar-refractivity contribution in [2.45, 2.75) is 0 Å². The second-order valence-electron chi connectivity index (χ2n) is 2.86. The minimum Gasteiger partial charge on any atom is -0.399 e. The Morgan fingerprint density at radius 3 is 2.86 bits per heavy atom. The van der Waals surface area contributed by atoms with Gasteiger partial charge in [0.1, 0.15) is 0 Å². The molecule has 0 fully saturated rings. The normalized spacial score (nSPS) is 10.3. The van der Waals surface area contributed by atoms with Crippen LogP contribution in [0.3, 0.4) is 0 Å². The summed E-state index contributed by atoms with van der Waals surface area (Å²) in [5.41, 5.74) is 5.53. The highest BCUT2D eigenvalue weighted by atomic mass is 16.1. The summed E-state index contributed by atoms with van der Waals surface area (Å²) < 4.78 is 0. The standard InChI is InChI=1S/C9H7N3O2/c10-5-1-2-7-6(3-5)9(14)11-4-8(13)12-7/h1-4H,10H2,(H,12,13). The van der Waals surface area contributed by atoms with Crippen LogP contribution in [0, 0.1) is 0 Å². The molecular formula is C9H7N3O2. The van der Waals surface area contributed by atoms with Crippen molar-refractivity contribution in [1.82, 2.24) is 9.97 Å². The number of hydrogen-bond donors (Lipinski definition) is 2. The summed E-state index contributed by atoms with van der Waals surface area (Å²) in [6.07, 6.45) is 0.957. The predicted octanol–water partition coefficient (Wildman–Crippen LogP) is -0.135. The zero-order valence-electron chi connectivity index (χ0n) is 7.15. The quantitative estimate of drug-likeness (QED) is 0.565. The van der Waals surface area contributed by atoms with E-state index in [1.807, 2.05) is 0 Å². The average Bonchev–Trinajstić information content (AvgIpc) is 2.29. The summed E-state index contributed by atoms with van der Waals surface area (Å²) in [5, 5.41) is 0.312. The highest BCUT2D eigenvalue weighted by Gasteiger charge is 1.98. The van der Waals surface area contributed by atoms with Crippen LogP contribution in [-0.2, 0) is 0 Å². The fourth-order valence-electron chi connectivity index (χ4n) is 1.20. The van der Waals surface area contributed by atoms with Gasteiger partial charge in [0.05, 0.1) is 17.1 Å². The predicted molar refractivity (Wildman–Crippen MR) is 53.0 cm³/mol. The lowest BCUT2D eigenvalue weighted by Crippen LogP contribution is -2.02. The van der Waals surface area contributed by atoms with Crippen LogP contribution in [0.4, 0.5) is 5.69 Å². The topological polar surface area (TPSA) is 88.8 Å². The van der Waals surface area contributed by atoms with E-state index in [9.17, 15) is 9.59 Å². The van der Waals surface area contributed by atoms with Crippen LogP contribution in [0.1, 0.15) is 0 Å². The van der Waals surface area contributed by atoms with Crippen LogP contribution in [-0.4, -0.2) is 9.97 Å². The molecule has 70 valence electrons. The zero-order valence-corrected chi connectivity index (χ0v) is 7.15. The second kappa shape index (κ2) is 2.95. The lowest BCUT2D eigenvalue weighted by molar-refractivity contribution is 1.23. The van der Waals surface area contributed by atoms with Crippen LogP contribution in [0.2, 0.25) is 0 Å². The van der Waals surface area contributed by atoms with E-state index in [4.69, 9.17) is 5.73 Å². The van der Waals surface area contributed by atoms with E-state index < -0.39 is 11.1 Å². The van der Waals surface area contributed by atoms with E-state index in [2.05, 4.69) is 9.97 Å². The summed E-state index contributed by atoms with van der Waals surface area (Å²) in [4.78, 5) is 28.4. The van der Waals surface area contributed by atoms with Gasteiger partial charge < -0.3 is 10.7 Å². The van der Waals surface area contributed by atoms with Gasteiger partial charge in [-0.3, -0.25) is 9.59 Å². The number of nitrogens with one attached hydrogen (secondary N) is 1. The van der Waals surface area contributed by atoms with E-state index in [-0.39, 0.29) is 0 Å². The second-order valence-corrected chi connectivity index (χ2v) is 2.86. The molecule has 0 saturated heterocycles. The molecule has 1 aromatic heterocycles. The average molecular weight is 189 g/mol. The number of benzene rings is 1. The highest BCUT2D eigenvalue weighted by Crippen LogP contribution is 2.08. The number of aromatic nitrogens is 2. The Morgan fingerprint density at radius 2 is 2.07 bits per heavy atom. The van der Waals surface area contributed by atoms with Gasteiger partial charge in [0.2, 0.25) is 0 Å². The van der Waals surface area contributed by atoms with Crippen LogP contribution in [0.15, 0.2) is 34.0 Å². The van der Waals surface area contributed by atoms with Gasteiger partial charge in [-0.05, 0) is 18.2 Å². The number of hydrogen-bond acceptors (Lipinski definition) is 4. The molecule has 0 amide bonds. The molecule has 1 heterocycles. The molecule has 0 spiro atoms. The summed E-state index contributed by atoms with van der Waals surface area (Å²) in [6, 6.07) is 4.67. The van der Waals surface area contributed by atoms with E-state index in [1.165, 1.54) is 6.07 Å². The molecule has 0 aliphatic carbocycles. The van der Waals surface area contributed by atoms with E-state index >= 15 is 0 Å². The maximum absolute atomic E-state index is 11.4. The first-order chi connectivity index (χ1) is 6.66. The Balaban J connectivity index is 3.08. The van der Waals surface area contributed by atoms with Crippen molar-refractivity contribution >= 4 is 16.6 Å². The fourth-order valence-corrected chi connectivity index (χ4v) is 1.20. The van der Waals surface area contributed by atoms with Gasteiger partial charge >= 0.3 is 0 Å². The Bertz CT molecular complexity index is 604. The third kappa shape index (κ3) is 1.35. The summed E-state index contributed by atoms with van der Waals surface area (Å²) in [7, 11) is 0. The van der Waals surface area contributed by atoms with Crippen LogP contribution < -0.4 is 16.9 Å². The number of rotatable bonds is 0. The van der Waals surface area contributed by atoms with Crippen LogP contribution in [0.5, 0.6) is 0 Å². The summed E-state index contributed by atoms with van der Waals surface area (Å²) >= 11 is 0. The van der Waals surface area contributed by atoms with Crippen molar-refractivity contribution in [2.75, 3.05) is 5.73 Å². The number of nitrogens with zero attached hydrogens (tertiary/aromatic N) is 1. The number of nitrogen functional groups attached to an aromatic ring is 1. The van der Waals surface area contributed by atoms with Crippen molar-refractivity contribution in [3.63, 3.8) is 0 Å². The fraction of sp³-hybridized carbons (Fsp3) is 0. The molecule has 2 rings (SSSR count). The molecule has 0 saturated carbocycles. The molecule has 0 aliphatic rings. The first kappa shape index (κ1) is 8.43. The van der Waals surface area contributed by atoms with Gasteiger partial charge in [0, 0.05) is 5.69 Å². The number of H-pyrrole nitrogens is 1. The van der Waals surface area contributed by atoms with Gasteiger partial charge in [-0.25, -0.2) is 4.98 Å². The largest absolute Gasteiger partial charge is 0.399 e. The van der Waals surface area contributed by atoms with E-state index in [0.29, 0.717) is 16.6 Å². The smallest absolute Gasteiger partial charge is 0.279 e. The maximum Gasteiger partial charge on any atom is 0.279 e. The van der Waals surface area contributed by atoms with Crippen molar-refractivity contribution in [1.29, 1.82) is 0 Å². The number of anilines is 1. The zero-order chi connectivity index (χ0) is 10.1. The summed E-state index contributed by atoms with van der Waals surface area (Å²) in [5.74, 6) is 0. The molecule has 5 nitrogen and oxygen atoms in total. The van der Waals surface area contributed by atoms with Crippen molar-refractivity contribution in [3.05, 3.63) is 45.1 Å². The molecule has 0 aliphatic heterocycles. The van der Waals surface area contributed by atoms with Gasteiger partial charge in [-0.15, -0.1) is 0 Å². The van der Waals surface area contributed by atoms with E-state index in [0.717, 1.165) is 6.20 Å². The Kier molecular flexibility index (Phi) is 1.78. The monoisotopic (exact) mass is 189 g/mol. The first-order valence-electron chi connectivity index (χ1n) is 3.96. The Labute approximate surface area is 78.2 Å². The Hall–Kier alpha value is -2.17. The molecule has 5 heteroatoms. The highest BCUT2D eigenvalue weighted by molar-refractivity contribution is 5.80. The minimum atomic E-state index is -0.467. The summed E-state index contributed by atoms with van der Waals surface area (Å²) in [6.45, 7) is 0. The molecule has 14 heavy (non-hydrogen) atoms. The number of aromatic amines is 1.